The van der Waals surface area contributed by atoms with Gasteiger partial charge >= 0.3 is 33.2 Å². The van der Waals surface area contributed by atoms with Crippen LogP contribution in [0.2, 0.25) is 0 Å². The molecule has 0 aromatic heterocycles. The van der Waals surface area contributed by atoms with Crippen LogP contribution in [0.3, 0.4) is 0 Å². The van der Waals surface area contributed by atoms with E-state index in [1.54, 1.807) is 0 Å². The first-order valence-corrected chi connectivity index (χ1v) is 14.5. The second-order valence-corrected chi connectivity index (χ2v) is 13.1. The van der Waals surface area contributed by atoms with Gasteiger partial charge in [0.05, 0.1) is 23.7 Å². The van der Waals surface area contributed by atoms with Crippen LogP contribution >= 0.6 is 0 Å². The van der Waals surface area contributed by atoms with Gasteiger partial charge in [0.2, 0.25) is 0 Å². The lowest BCUT2D eigenvalue weighted by Gasteiger charge is -2.31. The second-order valence-electron chi connectivity index (χ2n) is 9.85. The van der Waals surface area contributed by atoms with E-state index in [4.69, 9.17) is 18.2 Å². The second kappa shape index (κ2) is 9.34. The SMILES string of the molecule is O=C(OCCCC(F)(F)C(F)(F)S(=O)(=O)O)C1CCCCC1C(=O)OC1C2CC3C1OS(=O)(=O)C3C2. The smallest absolute Gasteiger partial charge is 0.431 e. The van der Waals surface area contributed by atoms with E-state index in [-0.39, 0.29) is 24.7 Å². The van der Waals surface area contributed by atoms with E-state index < -0.39 is 92.1 Å². The molecule has 16 heteroatoms. The van der Waals surface area contributed by atoms with E-state index in [9.17, 15) is 44.0 Å². The Hall–Kier alpha value is -1.52. The van der Waals surface area contributed by atoms with Gasteiger partial charge in [0.1, 0.15) is 12.2 Å². The van der Waals surface area contributed by atoms with Crippen molar-refractivity contribution < 1.29 is 62.2 Å². The standard InChI is InChI=1S/C20H26F4O10S2/c21-19(22,20(23,24)36(29,30)31)6-3-7-32-17(25)11-4-1-2-5-12(11)18(26)33-15-10-8-13-14(9-10)35(27,28)34-16(13)15/h10-16H,1-9H2,(H,29,30,31). The molecule has 36 heavy (non-hydrogen) atoms. The zero-order chi connectivity index (χ0) is 26.7. The van der Waals surface area contributed by atoms with Crippen molar-refractivity contribution in [2.24, 2.45) is 23.7 Å². The molecule has 2 bridgehead atoms. The Kier molecular flexibility index (Phi) is 7.14. The molecule has 0 spiro atoms. The zero-order valence-electron chi connectivity index (χ0n) is 18.9. The quantitative estimate of drug-likeness (QED) is 0.145. The lowest BCUT2D eigenvalue weighted by Crippen LogP contribution is -2.46. The average molecular weight is 567 g/mol. The van der Waals surface area contributed by atoms with E-state index >= 15 is 0 Å². The van der Waals surface area contributed by atoms with Crippen LogP contribution in [-0.2, 0) is 43.5 Å². The third-order valence-electron chi connectivity index (χ3n) is 7.67. The molecule has 4 rings (SSSR count). The Labute approximate surface area is 204 Å². The van der Waals surface area contributed by atoms with Crippen LogP contribution in [0.5, 0.6) is 0 Å². The van der Waals surface area contributed by atoms with Gasteiger partial charge in [0.25, 0.3) is 10.1 Å². The Balaban J connectivity index is 1.31. The summed E-state index contributed by atoms with van der Waals surface area (Å²) in [5, 5.41) is -6.30. The maximum Gasteiger partial charge on any atom is 0.431 e. The molecule has 7 atom stereocenters. The van der Waals surface area contributed by atoms with Crippen LogP contribution in [0.4, 0.5) is 17.6 Å². The summed E-state index contributed by atoms with van der Waals surface area (Å²) in [4.78, 5) is 25.5. The molecule has 4 aliphatic rings. The molecule has 0 aromatic rings. The highest BCUT2D eigenvalue weighted by Gasteiger charge is 2.66. The first-order chi connectivity index (χ1) is 16.6. The zero-order valence-corrected chi connectivity index (χ0v) is 20.5. The number of rotatable bonds is 9. The van der Waals surface area contributed by atoms with Crippen molar-refractivity contribution in [1.29, 1.82) is 0 Å². The van der Waals surface area contributed by atoms with Crippen LogP contribution in [0, 0.1) is 23.7 Å². The van der Waals surface area contributed by atoms with Gasteiger partial charge in [0.15, 0.2) is 0 Å². The van der Waals surface area contributed by atoms with Crippen molar-refractivity contribution in [3.8, 4) is 0 Å². The molecule has 206 valence electrons. The minimum Gasteiger partial charge on any atom is -0.465 e. The van der Waals surface area contributed by atoms with Crippen LogP contribution in [0.15, 0.2) is 0 Å². The van der Waals surface area contributed by atoms with E-state index in [1.165, 1.54) is 0 Å². The number of ether oxygens (including phenoxy) is 2. The van der Waals surface area contributed by atoms with Gasteiger partial charge in [-0.3, -0.25) is 18.3 Å². The van der Waals surface area contributed by atoms with Crippen LogP contribution in [0.1, 0.15) is 51.4 Å². The summed E-state index contributed by atoms with van der Waals surface area (Å²) < 4.78 is 123. The summed E-state index contributed by atoms with van der Waals surface area (Å²) in [5.41, 5.74) is 0. The van der Waals surface area contributed by atoms with Crippen molar-refractivity contribution in [3.05, 3.63) is 0 Å². The third-order valence-corrected chi connectivity index (χ3v) is 10.4. The average Bonchev–Trinajstić information content (AvgIpc) is 3.40. The molecule has 1 saturated heterocycles. The summed E-state index contributed by atoms with van der Waals surface area (Å²) in [7, 11) is -10.1. The molecule has 1 heterocycles. The minimum absolute atomic E-state index is 0.164. The monoisotopic (exact) mass is 566 g/mol. The molecule has 1 N–H and O–H groups in total. The van der Waals surface area contributed by atoms with Crippen molar-refractivity contribution >= 4 is 32.2 Å². The minimum atomic E-state index is -6.36. The molecular formula is C20H26F4O10S2. The number of fused-ring (bicyclic) bond motifs is 1. The number of halogens is 4. The first kappa shape index (κ1) is 27.5. The number of esters is 2. The lowest BCUT2D eigenvalue weighted by atomic mass is 9.79. The molecule has 10 nitrogen and oxygen atoms in total. The topological polar surface area (TPSA) is 150 Å². The van der Waals surface area contributed by atoms with Gasteiger partial charge in [-0.1, -0.05) is 12.8 Å². The summed E-state index contributed by atoms with van der Waals surface area (Å²) in [6, 6.07) is 0. The predicted octanol–water partition coefficient (Wildman–Crippen LogP) is 2.28. The summed E-state index contributed by atoms with van der Waals surface area (Å²) >= 11 is 0. The number of hydrogen-bond donors (Lipinski definition) is 1. The summed E-state index contributed by atoms with van der Waals surface area (Å²) in [6.45, 7) is -0.740. The van der Waals surface area contributed by atoms with Gasteiger partial charge in [0, 0.05) is 18.3 Å². The first-order valence-electron chi connectivity index (χ1n) is 11.6. The maximum atomic E-state index is 13.6. The fourth-order valence-electron chi connectivity index (χ4n) is 5.87. The number of alkyl halides is 4. The fraction of sp³-hybridized carbons (Fsp3) is 0.900. The van der Waals surface area contributed by atoms with E-state index in [0.717, 1.165) is 0 Å². The molecule has 4 fully saturated rings. The number of hydrogen-bond acceptors (Lipinski definition) is 9. The summed E-state index contributed by atoms with van der Waals surface area (Å²) in [6.07, 6.45) is -1.42. The molecule has 7 unspecified atom stereocenters. The fourth-order valence-corrected chi connectivity index (χ4v) is 8.23. The highest BCUT2D eigenvalue weighted by Crippen LogP contribution is 2.55. The summed E-state index contributed by atoms with van der Waals surface area (Å²) in [5.74, 6) is -9.00. The van der Waals surface area contributed by atoms with Crippen LogP contribution in [-0.4, -0.2) is 68.6 Å². The predicted molar refractivity (Wildman–Crippen MR) is 111 cm³/mol. The Morgan fingerprint density at radius 1 is 1.03 bits per heavy atom. The number of carbonyl (C=O) groups excluding carboxylic acids is 2. The highest BCUT2D eigenvalue weighted by atomic mass is 32.2. The Bertz CT molecular complexity index is 1110. The molecule has 0 aromatic carbocycles. The molecule has 0 radical (unpaired) electrons. The number of carbonyl (C=O) groups is 2. The lowest BCUT2D eigenvalue weighted by molar-refractivity contribution is -0.173. The molecule has 3 saturated carbocycles. The van der Waals surface area contributed by atoms with Crippen LogP contribution < -0.4 is 0 Å². The van der Waals surface area contributed by atoms with Gasteiger partial charge < -0.3 is 9.47 Å². The van der Waals surface area contributed by atoms with E-state index in [0.29, 0.717) is 25.7 Å². The molecule has 0 amide bonds. The van der Waals surface area contributed by atoms with Crippen molar-refractivity contribution in [3.63, 3.8) is 0 Å². The van der Waals surface area contributed by atoms with Crippen molar-refractivity contribution in [2.75, 3.05) is 6.61 Å². The van der Waals surface area contributed by atoms with Gasteiger partial charge in [-0.2, -0.15) is 34.4 Å². The van der Waals surface area contributed by atoms with Crippen LogP contribution in [0.25, 0.3) is 0 Å². The normalized spacial score (nSPS) is 35.5. The Morgan fingerprint density at radius 2 is 1.64 bits per heavy atom. The van der Waals surface area contributed by atoms with Gasteiger partial charge in [-0.15, -0.1) is 0 Å². The Morgan fingerprint density at radius 3 is 2.25 bits per heavy atom. The third kappa shape index (κ3) is 4.73. The van der Waals surface area contributed by atoms with Gasteiger partial charge in [-0.25, -0.2) is 0 Å². The molecular weight excluding hydrogens is 540 g/mol. The largest absolute Gasteiger partial charge is 0.465 e. The van der Waals surface area contributed by atoms with E-state index in [2.05, 4.69) is 0 Å². The molecule has 3 aliphatic carbocycles. The van der Waals surface area contributed by atoms with Crippen molar-refractivity contribution in [2.45, 2.75) is 80.0 Å². The maximum absolute atomic E-state index is 13.6. The molecule has 1 aliphatic heterocycles. The highest BCUT2D eigenvalue weighted by molar-refractivity contribution is 7.87. The van der Waals surface area contributed by atoms with Crippen molar-refractivity contribution in [1.82, 2.24) is 0 Å². The van der Waals surface area contributed by atoms with E-state index in [1.807, 2.05) is 0 Å². The van der Waals surface area contributed by atoms with Gasteiger partial charge in [-0.05, 0) is 32.1 Å².